The quantitative estimate of drug-likeness (QED) is 0.676. The van der Waals surface area contributed by atoms with Crippen LogP contribution in [0.3, 0.4) is 0 Å². The maximum atomic E-state index is 2.31. The molecule has 1 nitrogen and oxygen atoms in total. The molecule has 2 aromatic rings. The van der Waals surface area contributed by atoms with Gasteiger partial charge >= 0.3 is 0 Å². The molecule has 1 heteroatoms. The number of hydrogen-bond acceptors (Lipinski definition) is 0. The van der Waals surface area contributed by atoms with Crippen molar-refractivity contribution < 1.29 is 0 Å². The molecule has 0 fully saturated rings. The van der Waals surface area contributed by atoms with E-state index in [0.29, 0.717) is 0 Å². The predicted octanol–water partition coefficient (Wildman–Crippen LogP) is 3.35. The van der Waals surface area contributed by atoms with Crippen LogP contribution in [-0.2, 0) is 6.42 Å². The van der Waals surface area contributed by atoms with Gasteiger partial charge in [0.25, 0.3) is 0 Å². The molecule has 0 saturated heterocycles. The van der Waals surface area contributed by atoms with Crippen molar-refractivity contribution in [1.82, 2.24) is 4.57 Å². The van der Waals surface area contributed by atoms with Crippen LogP contribution in [0.5, 0.6) is 0 Å². The molecule has 0 saturated carbocycles. The molecule has 0 bridgehead atoms. The summed E-state index contributed by atoms with van der Waals surface area (Å²) >= 11 is 0. The van der Waals surface area contributed by atoms with Crippen LogP contribution in [-0.4, -0.2) is 4.57 Å². The Balaban J connectivity index is 2.55. The third-order valence-corrected chi connectivity index (χ3v) is 2.53. The molecule has 1 aromatic heterocycles. The average Bonchev–Trinajstić information content (AvgIpc) is 2.61. The van der Waals surface area contributed by atoms with Crippen LogP contribution in [0.25, 0.3) is 5.69 Å². The number of nitrogens with zero attached hydrogens (tertiary/aromatic N) is 1. The fourth-order valence-electron chi connectivity index (χ4n) is 1.81. The molecule has 0 radical (unpaired) electrons. The van der Waals surface area contributed by atoms with Gasteiger partial charge in [-0.25, -0.2) is 0 Å². The average molecular weight is 185 g/mol. The highest BCUT2D eigenvalue weighted by Gasteiger charge is 2.03. The Morgan fingerprint density at radius 2 is 1.71 bits per heavy atom. The molecule has 0 amide bonds. The van der Waals surface area contributed by atoms with Crippen LogP contribution in [0.2, 0.25) is 0 Å². The minimum Gasteiger partial charge on any atom is -0.318 e. The fourth-order valence-corrected chi connectivity index (χ4v) is 1.81. The Hall–Kier alpha value is -1.50. The smallest absolute Gasteiger partial charge is 0.0455 e. The molecule has 0 aliphatic carbocycles. The Morgan fingerprint density at radius 1 is 1.00 bits per heavy atom. The van der Waals surface area contributed by atoms with Crippen LogP contribution in [0.4, 0.5) is 0 Å². The molecule has 0 aliphatic heterocycles. The lowest BCUT2D eigenvalue weighted by Gasteiger charge is -2.10. The van der Waals surface area contributed by atoms with Crippen molar-refractivity contribution in [2.75, 3.05) is 0 Å². The van der Waals surface area contributed by atoms with Crippen molar-refractivity contribution in [3.05, 3.63) is 53.9 Å². The zero-order valence-corrected chi connectivity index (χ0v) is 8.70. The van der Waals surface area contributed by atoms with E-state index in [1.807, 2.05) is 6.07 Å². The Labute approximate surface area is 85.0 Å². The van der Waals surface area contributed by atoms with E-state index >= 15 is 0 Å². The summed E-state index contributed by atoms with van der Waals surface area (Å²) in [6.07, 6.45) is 1.07. The summed E-state index contributed by atoms with van der Waals surface area (Å²) in [6, 6.07) is 14.9. The monoisotopic (exact) mass is 185 g/mol. The summed E-state index contributed by atoms with van der Waals surface area (Å²) in [5, 5.41) is 0. The van der Waals surface area contributed by atoms with Crippen molar-refractivity contribution in [2.45, 2.75) is 20.3 Å². The van der Waals surface area contributed by atoms with Crippen molar-refractivity contribution in [3.63, 3.8) is 0 Å². The van der Waals surface area contributed by atoms with Gasteiger partial charge in [-0.2, -0.15) is 0 Å². The minimum atomic E-state index is 1.07. The molecule has 0 spiro atoms. The van der Waals surface area contributed by atoms with Crippen LogP contribution < -0.4 is 0 Å². The van der Waals surface area contributed by atoms with Crippen LogP contribution in [0.15, 0.2) is 42.5 Å². The molecule has 72 valence electrons. The summed E-state index contributed by atoms with van der Waals surface area (Å²) in [5.74, 6) is 0. The number of benzene rings is 1. The Morgan fingerprint density at radius 3 is 2.36 bits per heavy atom. The van der Waals surface area contributed by atoms with Crippen molar-refractivity contribution in [3.8, 4) is 5.69 Å². The third-order valence-electron chi connectivity index (χ3n) is 2.53. The molecule has 1 heterocycles. The van der Waals surface area contributed by atoms with Gasteiger partial charge in [0, 0.05) is 17.1 Å². The van der Waals surface area contributed by atoms with Gasteiger partial charge in [0.15, 0.2) is 0 Å². The second-order valence-corrected chi connectivity index (χ2v) is 3.49. The van der Waals surface area contributed by atoms with E-state index in [1.165, 1.54) is 17.1 Å². The topological polar surface area (TPSA) is 4.93 Å². The first-order chi connectivity index (χ1) is 6.83. The van der Waals surface area contributed by atoms with Gasteiger partial charge in [0.2, 0.25) is 0 Å². The maximum Gasteiger partial charge on any atom is 0.0455 e. The summed E-state index contributed by atoms with van der Waals surface area (Å²) in [6.45, 7) is 4.33. The largest absolute Gasteiger partial charge is 0.318 e. The minimum absolute atomic E-state index is 1.07. The normalized spacial score (nSPS) is 10.4. The second kappa shape index (κ2) is 3.70. The van der Waals surface area contributed by atoms with Gasteiger partial charge in [0.1, 0.15) is 0 Å². The van der Waals surface area contributed by atoms with E-state index < -0.39 is 0 Å². The van der Waals surface area contributed by atoms with Crippen molar-refractivity contribution >= 4 is 0 Å². The first kappa shape index (κ1) is 9.07. The fraction of sp³-hybridized carbons (Fsp3) is 0.231. The lowest BCUT2D eigenvalue weighted by Crippen LogP contribution is -2.00. The second-order valence-electron chi connectivity index (χ2n) is 3.49. The maximum absolute atomic E-state index is 2.31. The van der Waals surface area contributed by atoms with Gasteiger partial charge in [-0.15, -0.1) is 0 Å². The molecule has 2 rings (SSSR count). The summed E-state index contributed by atoms with van der Waals surface area (Å²) in [4.78, 5) is 0. The predicted molar refractivity (Wildman–Crippen MR) is 59.9 cm³/mol. The third kappa shape index (κ3) is 1.46. The van der Waals surface area contributed by atoms with Crippen LogP contribution >= 0.6 is 0 Å². The molecule has 14 heavy (non-hydrogen) atoms. The SMILES string of the molecule is CCc1ccc(C)n1-c1ccccc1. The van der Waals surface area contributed by atoms with Gasteiger partial charge in [0.05, 0.1) is 0 Å². The summed E-state index contributed by atoms with van der Waals surface area (Å²) in [5.41, 5.74) is 3.92. The first-order valence-corrected chi connectivity index (χ1v) is 5.05. The Bertz CT molecular complexity index is 412. The van der Waals surface area contributed by atoms with Gasteiger partial charge in [-0.3, -0.25) is 0 Å². The standard InChI is InChI=1S/C13H15N/c1-3-12-10-9-11(2)14(12)13-7-5-4-6-8-13/h4-10H,3H2,1-2H3. The molecular weight excluding hydrogens is 170 g/mol. The van der Waals surface area contributed by atoms with Crippen LogP contribution in [0, 0.1) is 6.92 Å². The van der Waals surface area contributed by atoms with E-state index in [1.54, 1.807) is 0 Å². The van der Waals surface area contributed by atoms with Crippen LogP contribution in [0.1, 0.15) is 18.3 Å². The summed E-state index contributed by atoms with van der Waals surface area (Å²) < 4.78 is 2.31. The van der Waals surface area contributed by atoms with E-state index in [4.69, 9.17) is 0 Å². The molecule has 0 aliphatic rings. The number of para-hydroxylation sites is 1. The van der Waals surface area contributed by atoms with Gasteiger partial charge in [-0.1, -0.05) is 25.1 Å². The highest BCUT2D eigenvalue weighted by Crippen LogP contribution is 2.16. The Kier molecular flexibility index (Phi) is 2.40. The molecular formula is C13H15N. The zero-order chi connectivity index (χ0) is 9.97. The summed E-state index contributed by atoms with van der Waals surface area (Å²) in [7, 11) is 0. The highest BCUT2D eigenvalue weighted by molar-refractivity contribution is 5.37. The van der Waals surface area contributed by atoms with E-state index in [0.717, 1.165) is 6.42 Å². The molecule has 0 unspecified atom stereocenters. The zero-order valence-electron chi connectivity index (χ0n) is 8.70. The van der Waals surface area contributed by atoms with E-state index in [-0.39, 0.29) is 0 Å². The van der Waals surface area contributed by atoms with E-state index in [2.05, 4.69) is 54.8 Å². The lowest BCUT2D eigenvalue weighted by molar-refractivity contribution is 0.906. The lowest BCUT2D eigenvalue weighted by atomic mass is 10.3. The first-order valence-electron chi connectivity index (χ1n) is 5.05. The van der Waals surface area contributed by atoms with Gasteiger partial charge < -0.3 is 4.57 Å². The van der Waals surface area contributed by atoms with Gasteiger partial charge in [-0.05, 0) is 37.6 Å². The number of hydrogen-bond donors (Lipinski definition) is 0. The highest BCUT2D eigenvalue weighted by atomic mass is 15.0. The van der Waals surface area contributed by atoms with E-state index in [9.17, 15) is 0 Å². The number of aromatic nitrogens is 1. The van der Waals surface area contributed by atoms with Crippen molar-refractivity contribution in [2.24, 2.45) is 0 Å². The molecule has 0 atom stereocenters. The van der Waals surface area contributed by atoms with Crippen molar-refractivity contribution in [1.29, 1.82) is 0 Å². The number of rotatable bonds is 2. The number of aryl methyl sites for hydroxylation is 2. The molecule has 1 aromatic carbocycles. The molecule has 0 N–H and O–H groups in total.